The summed E-state index contributed by atoms with van der Waals surface area (Å²) in [5, 5.41) is 5.63. The summed E-state index contributed by atoms with van der Waals surface area (Å²) in [5.74, 6) is -2.41. The summed E-state index contributed by atoms with van der Waals surface area (Å²) in [6, 6.07) is 4.88. The van der Waals surface area contributed by atoms with Crippen LogP contribution < -0.4 is 10.6 Å². The molecule has 6 heteroatoms. The van der Waals surface area contributed by atoms with Crippen LogP contribution in [0.2, 0.25) is 0 Å². The van der Waals surface area contributed by atoms with Gasteiger partial charge in [-0.05, 0) is 24.6 Å². The highest BCUT2D eigenvalue weighted by Crippen LogP contribution is 2.18. The number of rotatable bonds is 5. The first-order valence-corrected chi connectivity index (χ1v) is 6.56. The average molecular weight is 291 g/mol. The first kappa shape index (κ1) is 14.9. The molecule has 1 aromatic carbocycles. The quantitative estimate of drug-likeness (QED) is 0.887. The summed E-state index contributed by atoms with van der Waals surface area (Å²) in [6.07, 6.45) is 3.91. The molecule has 1 aromatic heterocycles. The van der Waals surface area contributed by atoms with E-state index >= 15 is 0 Å². The minimum absolute atomic E-state index is 0.184. The molecule has 110 valence electrons. The molecule has 2 aromatic rings. The molecule has 0 atom stereocenters. The van der Waals surface area contributed by atoms with Crippen molar-refractivity contribution in [3.63, 3.8) is 0 Å². The zero-order chi connectivity index (χ0) is 15.2. The number of halogens is 2. The number of carbonyl (C=O) groups excluding carboxylic acids is 1. The predicted octanol–water partition coefficient (Wildman–Crippen LogP) is 3.43. The Hall–Kier alpha value is -2.50. The standard InChI is InChI=1S/C15H15F2N3O/c1-2-6-19-14-5-7-18-9-11(14)15(21)20-10-3-4-12(16)13(17)8-10/h3-5,7-9H,2,6H2,1H3,(H,18,19)(H,20,21). The largest absolute Gasteiger partial charge is 0.384 e. The van der Waals surface area contributed by atoms with Crippen LogP contribution in [0.1, 0.15) is 23.7 Å². The lowest BCUT2D eigenvalue weighted by molar-refractivity contribution is 0.102. The number of benzene rings is 1. The van der Waals surface area contributed by atoms with Crippen molar-refractivity contribution < 1.29 is 13.6 Å². The van der Waals surface area contributed by atoms with Gasteiger partial charge in [0.05, 0.1) is 11.3 Å². The predicted molar refractivity (Wildman–Crippen MR) is 77.3 cm³/mol. The zero-order valence-electron chi connectivity index (χ0n) is 11.5. The molecule has 2 rings (SSSR count). The maximum atomic E-state index is 13.1. The van der Waals surface area contributed by atoms with E-state index in [9.17, 15) is 13.6 Å². The molecule has 0 aliphatic carbocycles. The molecule has 0 radical (unpaired) electrons. The van der Waals surface area contributed by atoms with Crippen LogP contribution in [0.15, 0.2) is 36.7 Å². The van der Waals surface area contributed by atoms with Crippen molar-refractivity contribution in [2.45, 2.75) is 13.3 Å². The summed E-state index contributed by atoms with van der Waals surface area (Å²) in [7, 11) is 0. The van der Waals surface area contributed by atoms with Gasteiger partial charge in [-0.1, -0.05) is 6.92 Å². The number of nitrogens with one attached hydrogen (secondary N) is 2. The van der Waals surface area contributed by atoms with Gasteiger partial charge in [0.1, 0.15) is 0 Å². The molecule has 2 N–H and O–H groups in total. The van der Waals surface area contributed by atoms with Crippen LogP contribution >= 0.6 is 0 Å². The Bertz CT molecular complexity index is 647. The van der Waals surface area contributed by atoms with Gasteiger partial charge in [-0.3, -0.25) is 9.78 Å². The van der Waals surface area contributed by atoms with E-state index < -0.39 is 17.5 Å². The first-order valence-electron chi connectivity index (χ1n) is 6.56. The van der Waals surface area contributed by atoms with Gasteiger partial charge >= 0.3 is 0 Å². The molecular weight excluding hydrogens is 276 g/mol. The van der Waals surface area contributed by atoms with E-state index in [-0.39, 0.29) is 5.69 Å². The fourth-order valence-electron chi connectivity index (χ4n) is 1.76. The highest BCUT2D eigenvalue weighted by atomic mass is 19.2. The molecule has 0 aliphatic rings. The van der Waals surface area contributed by atoms with Crippen LogP contribution in [0.3, 0.4) is 0 Å². The fraction of sp³-hybridized carbons (Fsp3) is 0.200. The van der Waals surface area contributed by atoms with Crippen molar-refractivity contribution in [1.82, 2.24) is 4.98 Å². The molecule has 0 saturated heterocycles. The van der Waals surface area contributed by atoms with Gasteiger partial charge in [-0.2, -0.15) is 0 Å². The van der Waals surface area contributed by atoms with Crippen molar-refractivity contribution in [3.8, 4) is 0 Å². The summed E-state index contributed by atoms with van der Waals surface area (Å²) < 4.78 is 26.0. The van der Waals surface area contributed by atoms with Crippen LogP contribution in [0.4, 0.5) is 20.2 Å². The number of carbonyl (C=O) groups is 1. The Labute approximate surface area is 121 Å². The molecule has 0 spiro atoms. The Kier molecular flexibility index (Phi) is 4.81. The lowest BCUT2D eigenvalue weighted by atomic mass is 10.2. The summed E-state index contributed by atoms with van der Waals surface area (Å²) >= 11 is 0. The van der Waals surface area contributed by atoms with Crippen molar-refractivity contribution in [3.05, 3.63) is 53.9 Å². The molecule has 0 aliphatic heterocycles. The molecule has 0 saturated carbocycles. The zero-order valence-corrected chi connectivity index (χ0v) is 11.5. The smallest absolute Gasteiger partial charge is 0.259 e. The van der Waals surface area contributed by atoms with Gasteiger partial charge in [0.15, 0.2) is 11.6 Å². The van der Waals surface area contributed by atoms with Gasteiger partial charge in [0, 0.05) is 30.7 Å². The van der Waals surface area contributed by atoms with E-state index in [2.05, 4.69) is 15.6 Å². The number of aromatic nitrogens is 1. The van der Waals surface area contributed by atoms with E-state index in [1.54, 1.807) is 12.3 Å². The second-order valence-electron chi connectivity index (χ2n) is 4.43. The van der Waals surface area contributed by atoms with Crippen molar-refractivity contribution in [2.75, 3.05) is 17.2 Å². The van der Waals surface area contributed by atoms with Crippen molar-refractivity contribution in [2.24, 2.45) is 0 Å². The minimum atomic E-state index is -1.01. The van der Waals surface area contributed by atoms with Gasteiger partial charge in [-0.25, -0.2) is 8.78 Å². The van der Waals surface area contributed by atoms with Crippen molar-refractivity contribution in [1.29, 1.82) is 0 Å². The van der Waals surface area contributed by atoms with Crippen LogP contribution in [0.5, 0.6) is 0 Å². The molecule has 0 fully saturated rings. The second-order valence-corrected chi connectivity index (χ2v) is 4.43. The topological polar surface area (TPSA) is 54.0 Å². The maximum Gasteiger partial charge on any atom is 0.259 e. The number of anilines is 2. The van der Waals surface area contributed by atoms with Crippen LogP contribution in [-0.2, 0) is 0 Å². The van der Waals surface area contributed by atoms with E-state index in [1.165, 1.54) is 12.3 Å². The first-order chi connectivity index (χ1) is 10.1. The third kappa shape index (κ3) is 3.75. The van der Waals surface area contributed by atoms with E-state index in [1.807, 2.05) is 6.92 Å². The number of nitrogens with zero attached hydrogens (tertiary/aromatic N) is 1. The maximum absolute atomic E-state index is 13.1. The molecule has 1 amide bonds. The lowest BCUT2D eigenvalue weighted by Gasteiger charge is -2.11. The molecular formula is C15H15F2N3O. The summed E-state index contributed by atoms with van der Waals surface area (Å²) in [5.41, 5.74) is 1.17. The highest BCUT2D eigenvalue weighted by molar-refractivity contribution is 6.07. The summed E-state index contributed by atoms with van der Waals surface area (Å²) in [6.45, 7) is 2.73. The van der Waals surface area contributed by atoms with Gasteiger partial charge < -0.3 is 10.6 Å². The van der Waals surface area contributed by atoms with E-state index in [4.69, 9.17) is 0 Å². The third-order valence-electron chi connectivity index (χ3n) is 2.81. The van der Waals surface area contributed by atoms with E-state index in [0.717, 1.165) is 25.1 Å². The van der Waals surface area contributed by atoms with Gasteiger partial charge in [0.2, 0.25) is 0 Å². The number of hydrogen-bond donors (Lipinski definition) is 2. The molecule has 0 unspecified atom stereocenters. The second kappa shape index (κ2) is 6.78. The minimum Gasteiger partial charge on any atom is -0.384 e. The Morgan fingerprint density at radius 3 is 2.76 bits per heavy atom. The molecule has 21 heavy (non-hydrogen) atoms. The Morgan fingerprint density at radius 2 is 2.05 bits per heavy atom. The van der Waals surface area contributed by atoms with Gasteiger partial charge in [0.25, 0.3) is 5.91 Å². The van der Waals surface area contributed by atoms with Crippen LogP contribution in [0.25, 0.3) is 0 Å². The summed E-state index contributed by atoms with van der Waals surface area (Å²) in [4.78, 5) is 16.1. The van der Waals surface area contributed by atoms with Gasteiger partial charge in [-0.15, -0.1) is 0 Å². The molecule has 4 nitrogen and oxygen atoms in total. The Morgan fingerprint density at radius 1 is 1.24 bits per heavy atom. The average Bonchev–Trinajstić information content (AvgIpc) is 2.49. The van der Waals surface area contributed by atoms with E-state index in [0.29, 0.717) is 11.3 Å². The normalized spacial score (nSPS) is 10.2. The number of pyridine rings is 1. The Balaban J connectivity index is 2.18. The van der Waals surface area contributed by atoms with Crippen LogP contribution in [-0.4, -0.2) is 17.4 Å². The fourth-order valence-corrected chi connectivity index (χ4v) is 1.76. The third-order valence-corrected chi connectivity index (χ3v) is 2.81. The van der Waals surface area contributed by atoms with Crippen molar-refractivity contribution >= 4 is 17.3 Å². The molecule has 1 heterocycles. The number of amides is 1. The monoisotopic (exact) mass is 291 g/mol. The lowest BCUT2D eigenvalue weighted by Crippen LogP contribution is -2.15. The van der Waals surface area contributed by atoms with Crippen LogP contribution in [0, 0.1) is 11.6 Å². The molecule has 0 bridgehead atoms. The number of hydrogen-bond acceptors (Lipinski definition) is 3. The SMILES string of the molecule is CCCNc1ccncc1C(=O)Nc1ccc(F)c(F)c1. The highest BCUT2D eigenvalue weighted by Gasteiger charge is 2.12.